The molecule has 0 aliphatic rings. The average molecular weight is 275 g/mol. The van der Waals surface area contributed by atoms with Gasteiger partial charge in [-0.05, 0) is 23.8 Å². The normalized spacial score (nSPS) is 10.3. The van der Waals surface area contributed by atoms with Gasteiger partial charge in [-0.15, -0.1) is 0 Å². The molecule has 0 unspecified atom stereocenters. The van der Waals surface area contributed by atoms with E-state index < -0.39 is 5.97 Å². The highest BCUT2D eigenvalue weighted by Crippen LogP contribution is 2.22. The molecule has 1 heterocycles. The molecule has 1 N–H and O–H groups in total. The first kappa shape index (κ1) is 13.1. The molecule has 0 saturated carbocycles. The summed E-state index contributed by atoms with van der Waals surface area (Å²) in [5, 5.41) is 8.89. The number of rotatable bonds is 3. The molecule has 0 amide bonds. The van der Waals surface area contributed by atoms with Crippen molar-refractivity contribution in [2.45, 2.75) is 0 Å². The Labute approximate surface area is 122 Å². The Morgan fingerprint density at radius 1 is 0.762 bits per heavy atom. The zero-order chi connectivity index (χ0) is 14.7. The molecule has 102 valence electrons. The maximum Gasteiger partial charge on any atom is 0.335 e. The van der Waals surface area contributed by atoms with Gasteiger partial charge in [0.25, 0.3) is 0 Å². The largest absolute Gasteiger partial charge is 0.478 e. The van der Waals surface area contributed by atoms with Crippen LogP contribution in [0, 0.1) is 0 Å². The van der Waals surface area contributed by atoms with Crippen molar-refractivity contribution in [3.63, 3.8) is 0 Å². The molecule has 2 aromatic carbocycles. The number of aromatic carboxylic acids is 1. The second-order valence-electron chi connectivity index (χ2n) is 4.68. The molecule has 0 saturated heterocycles. The first-order chi connectivity index (χ1) is 10.2. The van der Waals surface area contributed by atoms with Crippen LogP contribution in [0.4, 0.5) is 0 Å². The molecule has 0 spiro atoms. The van der Waals surface area contributed by atoms with Crippen molar-refractivity contribution in [2.75, 3.05) is 0 Å². The van der Waals surface area contributed by atoms with E-state index in [2.05, 4.69) is 4.98 Å². The average Bonchev–Trinajstić information content (AvgIpc) is 2.56. The van der Waals surface area contributed by atoms with E-state index in [1.54, 1.807) is 24.3 Å². The first-order valence-electron chi connectivity index (χ1n) is 6.59. The van der Waals surface area contributed by atoms with E-state index >= 15 is 0 Å². The Balaban J connectivity index is 1.89. The SMILES string of the molecule is O=C(O)c1ccc(-c2ccc(-c3ccccc3)cn2)cc1. The van der Waals surface area contributed by atoms with Gasteiger partial charge in [0.15, 0.2) is 0 Å². The second-order valence-corrected chi connectivity index (χ2v) is 4.68. The summed E-state index contributed by atoms with van der Waals surface area (Å²) in [7, 11) is 0. The van der Waals surface area contributed by atoms with Gasteiger partial charge in [-0.3, -0.25) is 4.98 Å². The van der Waals surface area contributed by atoms with Crippen molar-refractivity contribution in [3.8, 4) is 22.4 Å². The minimum Gasteiger partial charge on any atom is -0.478 e. The number of carbonyl (C=O) groups is 1. The molecule has 0 atom stereocenters. The number of hydrogen-bond acceptors (Lipinski definition) is 2. The maximum atomic E-state index is 10.8. The third-order valence-electron chi connectivity index (χ3n) is 3.30. The van der Waals surface area contributed by atoms with Crippen LogP contribution in [0.15, 0.2) is 72.9 Å². The van der Waals surface area contributed by atoms with E-state index in [-0.39, 0.29) is 5.56 Å². The van der Waals surface area contributed by atoms with Crippen LogP contribution in [0.25, 0.3) is 22.4 Å². The van der Waals surface area contributed by atoms with Crippen molar-refractivity contribution in [2.24, 2.45) is 0 Å². The van der Waals surface area contributed by atoms with Crippen LogP contribution in [0.2, 0.25) is 0 Å². The molecule has 0 radical (unpaired) electrons. The molecule has 0 bridgehead atoms. The van der Waals surface area contributed by atoms with Crippen molar-refractivity contribution < 1.29 is 9.90 Å². The summed E-state index contributed by atoms with van der Waals surface area (Å²) < 4.78 is 0. The molecular formula is C18H13NO2. The second kappa shape index (κ2) is 5.59. The zero-order valence-electron chi connectivity index (χ0n) is 11.2. The zero-order valence-corrected chi connectivity index (χ0v) is 11.2. The predicted octanol–water partition coefficient (Wildman–Crippen LogP) is 4.11. The quantitative estimate of drug-likeness (QED) is 0.782. The highest BCUT2D eigenvalue weighted by molar-refractivity contribution is 5.88. The predicted molar refractivity (Wildman–Crippen MR) is 82.1 cm³/mol. The van der Waals surface area contributed by atoms with Crippen molar-refractivity contribution in [1.82, 2.24) is 4.98 Å². The lowest BCUT2D eigenvalue weighted by molar-refractivity contribution is 0.0697. The summed E-state index contributed by atoms with van der Waals surface area (Å²) in [6.07, 6.45) is 1.83. The van der Waals surface area contributed by atoms with Gasteiger partial charge in [0.05, 0.1) is 11.3 Å². The monoisotopic (exact) mass is 275 g/mol. The topological polar surface area (TPSA) is 50.2 Å². The Morgan fingerprint density at radius 3 is 2.00 bits per heavy atom. The lowest BCUT2D eigenvalue weighted by atomic mass is 10.1. The van der Waals surface area contributed by atoms with E-state index in [9.17, 15) is 4.79 Å². The molecule has 1 aromatic heterocycles. The van der Waals surface area contributed by atoms with Crippen LogP contribution in [0.3, 0.4) is 0 Å². The van der Waals surface area contributed by atoms with Crippen LogP contribution in [0.1, 0.15) is 10.4 Å². The van der Waals surface area contributed by atoms with Crippen LogP contribution >= 0.6 is 0 Å². The maximum absolute atomic E-state index is 10.8. The molecule has 3 nitrogen and oxygen atoms in total. The number of benzene rings is 2. The molecular weight excluding hydrogens is 262 g/mol. The molecule has 3 aromatic rings. The first-order valence-corrected chi connectivity index (χ1v) is 6.59. The van der Waals surface area contributed by atoms with E-state index in [0.717, 1.165) is 22.4 Å². The minimum atomic E-state index is -0.922. The van der Waals surface area contributed by atoms with Gasteiger partial charge in [0.1, 0.15) is 0 Å². The molecule has 0 aliphatic carbocycles. The third-order valence-corrected chi connectivity index (χ3v) is 3.30. The van der Waals surface area contributed by atoms with Crippen molar-refractivity contribution in [3.05, 3.63) is 78.5 Å². The van der Waals surface area contributed by atoms with E-state index in [4.69, 9.17) is 5.11 Å². The van der Waals surface area contributed by atoms with Gasteiger partial charge in [0, 0.05) is 17.3 Å². The van der Waals surface area contributed by atoms with Gasteiger partial charge in [0.2, 0.25) is 0 Å². The lowest BCUT2D eigenvalue weighted by Crippen LogP contribution is -1.95. The molecule has 3 rings (SSSR count). The Hall–Kier alpha value is -2.94. The van der Waals surface area contributed by atoms with Gasteiger partial charge in [-0.25, -0.2) is 4.79 Å². The summed E-state index contributed by atoms with van der Waals surface area (Å²) in [4.78, 5) is 15.3. The number of pyridine rings is 1. The van der Waals surface area contributed by atoms with Crippen LogP contribution in [-0.2, 0) is 0 Å². The van der Waals surface area contributed by atoms with Crippen LogP contribution in [-0.4, -0.2) is 16.1 Å². The van der Waals surface area contributed by atoms with E-state index in [1.165, 1.54) is 0 Å². The van der Waals surface area contributed by atoms with Gasteiger partial charge >= 0.3 is 5.97 Å². The summed E-state index contributed by atoms with van der Waals surface area (Å²) >= 11 is 0. The summed E-state index contributed by atoms with van der Waals surface area (Å²) in [6, 6.07) is 20.7. The third kappa shape index (κ3) is 2.82. The fourth-order valence-electron chi connectivity index (χ4n) is 2.15. The molecule has 0 aliphatic heterocycles. The summed E-state index contributed by atoms with van der Waals surface area (Å²) in [6.45, 7) is 0. The molecule has 3 heteroatoms. The Morgan fingerprint density at radius 2 is 1.43 bits per heavy atom. The molecule has 0 fully saturated rings. The number of carboxylic acid groups (broad SMARTS) is 1. The van der Waals surface area contributed by atoms with E-state index in [0.29, 0.717) is 0 Å². The summed E-state index contributed by atoms with van der Waals surface area (Å²) in [5.74, 6) is -0.922. The fraction of sp³-hybridized carbons (Fsp3) is 0. The van der Waals surface area contributed by atoms with Crippen molar-refractivity contribution in [1.29, 1.82) is 0 Å². The van der Waals surface area contributed by atoms with E-state index in [1.807, 2.05) is 48.7 Å². The Kier molecular flexibility index (Phi) is 3.48. The lowest BCUT2D eigenvalue weighted by Gasteiger charge is -2.04. The van der Waals surface area contributed by atoms with Gasteiger partial charge in [-0.2, -0.15) is 0 Å². The summed E-state index contributed by atoms with van der Waals surface area (Å²) in [5.41, 5.74) is 4.19. The number of aromatic nitrogens is 1. The van der Waals surface area contributed by atoms with Crippen LogP contribution in [0.5, 0.6) is 0 Å². The highest BCUT2D eigenvalue weighted by Gasteiger charge is 2.04. The number of nitrogens with zero attached hydrogens (tertiary/aromatic N) is 1. The van der Waals surface area contributed by atoms with Crippen LogP contribution < -0.4 is 0 Å². The fourth-order valence-corrected chi connectivity index (χ4v) is 2.15. The molecule has 21 heavy (non-hydrogen) atoms. The van der Waals surface area contributed by atoms with Crippen molar-refractivity contribution >= 4 is 5.97 Å². The smallest absolute Gasteiger partial charge is 0.335 e. The standard InChI is InChI=1S/C18H13NO2/c20-18(21)15-8-6-14(7-9-15)17-11-10-16(12-19-17)13-4-2-1-3-5-13/h1-12H,(H,20,21). The Bertz CT molecular complexity index is 747. The number of hydrogen-bond donors (Lipinski definition) is 1. The van der Waals surface area contributed by atoms with Gasteiger partial charge < -0.3 is 5.11 Å². The minimum absolute atomic E-state index is 0.277. The highest BCUT2D eigenvalue weighted by atomic mass is 16.4. The van der Waals surface area contributed by atoms with Gasteiger partial charge in [-0.1, -0.05) is 48.5 Å². The number of carboxylic acids is 1.